The molecule has 2 heterocycles. The highest BCUT2D eigenvalue weighted by Gasteiger charge is 2.31. The second kappa shape index (κ2) is 12.1. The summed E-state index contributed by atoms with van der Waals surface area (Å²) in [6, 6.07) is 29.1. The number of halogens is 2. The fraction of sp³-hybridized carbons (Fsp3) is 0.0625. The van der Waals surface area contributed by atoms with Crippen LogP contribution in [0.2, 0.25) is 10.0 Å². The maximum Gasteiger partial charge on any atom is 0.301 e. The summed E-state index contributed by atoms with van der Waals surface area (Å²) in [4.78, 5) is 25.8. The van der Waals surface area contributed by atoms with Gasteiger partial charge in [-0.15, -0.1) is 0 Å². The summed E-state index contributed by atoms with van der Waals surface area (Å²) in [5.41, 5.74) is 11.1. The number of benzene rings is 4. The topological polar surface area (TPSA) is 114 Å². The van der Waals surface area contributed by atoms with Crippen molar-refractivity contribution in [2.45, 2.75) is 13.8 Å². The van der Waals surface area contributed by atoms with Gasteiger partial charge in [-0.3, -0.25) is 20.4 Å². The lowest BCUT2D eigenvalue weighted by Gasteiger charge is -2.11. The molecule has 2 aliphatic heterocycles. The average molecular weight is 624 g/mol. The number of hydrogen-bond donors (Lipinski definition) is 2. The van der Waals surface area contributed by atoms with E-state index in [4.69, 9.17) is 23.2 Å². The van der Waals surface area contributed by atoms with E-state index in [0.717, 1.165) is 11.1 Å². The summed E-state index contributed by atoms with van der Waals surface area (Å²) in [5, 5.41) is 20.7. The second-order valence-corrected chi connectivity index (χ2v) is 10.6. The van der Waals surface area contributed by atoms with Crippen LogP contribution in [-0.4, -0.2) is 34.7 Å². The largest absolute Gasteiger partial charge is 0.301 e. The molecule has 4 aromatic rings. The molecule has 4 aromatic carbocycles. The Kier molecular flexibility index (Phi) is 7.93. The Morgan fingerprint density at radius 2 is 0.977 bits per heavy atom. The summed E-state index contributed by atoms with van der Waals surface area (Å²) < 4.78 is 0. The summed E-state index contributed by atoms with van der Waals surface area (Å²) >= 11 is 13.1. The molecule has 2 N–H and O–H groups in total. The molecule has 0 saturated heterocycles. The third-order valence-electron chi connectivity index (χ3n) is 6.82. The molecule has 2 aliphatic rings. The van der Waals surface area contributed by atoms with Crippen LogP contribution < -0.4 is 20.9 Å². The highest BCUT2D eigenvalue weighted by Crippen LogP contribution is 2.33. The molecule has 0 aliphatic carbocycles. The normalized spacial score (nSPS) is 16.5. The molecule has 218 valence electrons. The Morgan fingerprint density at radius 1 is 0.591 bits per heavy atom. The first-order valence-corrected chi connectivity index (χ1v) is 14.2. The maximum absolute atomic E-state index is 12.9. The highest BCUT2D eigenvalue weighted by molar-refractivity contribution is 6.72. The summed E-state index contributed by atoms with van der Waals surface area (Å²) in [6.45, 7) is 3.44. The Bertz CT molecular complexity index is 1770. The lowest BCUT2D eigenvalue weighted by Crippen LogP contribution is -2.27. The van der Waals surface area contributed by atoms with Crippen LogP contribution in [-0.2, 0) is 9.59 Å². The van der Waals surface area contributed by atoms with Gasteiger partial charge < -0.3 is 0 Å². The molecule has 0 radical (unpaired) electrons. The number of nitrogens with zero attached hydrogens (tertiary/aromatic N) is 6. The zero-order valence-corrected chi connectivity index (χ0v) is 25.0. The van der Waals surface area contributed by atoms with Gasteiger partial charge in [0.05, 0.1) is 44.2 Å². The quantitative estimate of drug-likeness (QED) is 0.215. The molecule has 10 nitrogen and oxygen atoms in total. The van der Waals surface area contributed by atoms with Crippen LogP contribution in [0.25, 0.3) is 11.1 Å². The zero-order valence-electron chi connectivity index (χ0n) is 23.5. The number of hydrogen-bond acceptors (Lipinski definition) is 8. The van der Waals surface area contributed by atoms with Gasteiger partial charge in [-0.1, -0.05) is 71.7 Å². The minimum Gasteiger partial charge on any atom is -0.276 e. The third kappa shape index (κ3) is 5.68. The number of carbonyl (C=O) groups is 2. The van der Waals surface area contributed by atoms with Crippen LogP contribution in [0, 0.1) is 0 Å². The molecule has 44 heavy (non-hydrogen) atoms. The van der Waals surface area contributed by atoms with E-state index >= 15 is 0 Å². The number of para-hydroxylation sites is 2. The molecule has 12 heteroatoms. The molecule has 0 atom stereocenters. The molecule has 0 unspecified atom stereocenters. The van der Waals surface area contributed by atoms with Gasteiger partial charge in [-0.2, -0.15) is 30.4 Å². The predicted octanol–water partition coefficient (Wildman–Crippen LogP) is 7.04. The average Bonchev–Trinajstić information content (AvgIpc) is 3.49. The Hall–Kier alpha value is -5.32. The maximum atomic E-state index is 12.9. The third-order valence-corrected chi connectivity index (χ3v) is 7.45. The van der Waals surface area contributed by atoms with Crippen LogP contribution in [0.1, 0.15) is 13.8 Å². The van der Waals surface area contributed by atoms with Crippen molar-refractivity contribution < 1.29 is 9.59 Å². The van der Waals surface area contributed by atoms with E-state index in [1.807, 2.05) is 48.5 Å². The minimum absolute atomic E-state index is 0.195. The van der Waals surface area contributed by atoms with E-state index < -0.39 is 0 Å². The molecule has 2 amide bonds. The van der Waals surface area contributed by atoms with E-state index in [1.165, 1.54) is 10.0 Å². The van der Waals surface area contributed by atoms with Crippen molar-refractivity contribution in [1.82, 2.24) is 0 Å². The van der Waals surface area contributed by atoms with Crippen LogP contribution in [0.5, 0.6) is 0 Å². The van der Waals surface area contributed by atoms with Crippen LogP contribution in [0.15, 0.2) is 117 Å². The van der Waals surface area contributed by atoms with Crippen molar-refractivity contribution in [2.75, 3.05) is 20.9 Å². The van der Waals surface area contributed by atoms with E-state index in [9.17, 15) is 9.59 Å². The molecule has 0 aromatic heterocycles. The first kappa shape index (κ1) is 28.8. The monoisotopic (exact) mass is 622 g/mol. The van der Waals surface area contributed by atoms with Gasteiger partial charge in [0.1, 0.15) is 0 Å². The van der Waals surface area contributed by atoms with E-state index in [1.54, 1.807) is 62.4 Å². The van der Waals surface area contributed by atoms with Crippen molar-refractivity contribution in [2.24, 2.45) is 20.4 Å². The SMILES string of the molecule is CC1=NN(c2ccccc2)C(=O)/C1=N/Nc1ccc(-c2ccc(N/N=C3/C(=O)N(c4ccccc4)N=C3C)c(Cl)c2)cc1Cl. The molecular formula is C32H24Cl2N8O2. The number of anilines is 4. The van der Waals surface area contributed by atoms with E-state index in [0.29, 0.717) is 44.2 Å². The fourth-order valence-corrected chi connectivity index (χ4v) is 4.99. The molecule has 0 fully saturated rings. The van der Waals surface area contributed by atoms with Gasteiger partial charge in [0.25, 0.3) is 0 Å². The van der Waals surface area contributed by atoms with Crippen LogP contribution in [0.4, 0.5) is 22.7 Å². The van der Waals surface area contributed by atoms with Crippen molar-refractivity contribution in [3.63, 3.8) is 0 Å². The van der Waals surface area contributed by atoms with E-state index in [-0.39, 0.29) is 23.2 Å². The molecule has 0 bridgehead atoms. The van der Waals surface area contributed by atoms with Gasteiger partial charge in [0, 0.05) is 0 Å². The summed E-state index contributed by atoms with van der Waals surface area (Å²) in [5.74, 6) is -0.675. The first-order valence-electron chi connectivity index (χ1n) is 13.5. The zero-order chi connectivity index (χ0) is 30.8. The molecule has 6 rings (SSSR count). The number of rotatable bonds is 7. The fourth-order valence-electron chi connectivity index (χ4n) is 4.54. The van der Waals surface area contributed by atoms with Crippen molar-refractivity contribution in [3.05, 3.63) is 107 Å². The molecule has 0 saturated carbocycles. The Morgan fingerprint density at radius 3 is 1.34 bits per heavy atom. The summed E-state index contributed by atoms with van der Waals surface area (Å²) in [6.07, 6.45) is 0. The highest BCUT2D eigenvalue weighted by atomic mass is 35.5. The number of carbonyl (C=O) groups excluding carboxylic acids is 2. The second-order valence-electron chi connectivity index (χ2n) is 9.81. The van der Waals surface area contributed by atoms with Gasteiger partial charge in [0.15, 0.2) is 11.4 Å². The van der Waals surface area contributed by atoms with Gasteiger partial charge in [0.2, 0.25) is 0 Å². The van der Waals surface area contributed by atoms with Crippen molar-refractivity contribution >= 4 is 80.6 Å². The van der Waals surface area contributed by atoms with Crippen molar-refractivity contribution in [3.8, 4) is 11.1 Å². The minimum atomic E-state index is -0.337. The lowest BCUT2D eigenvalue weighted by atomic mass is 10.0. The smallest absolute Gasteiger partial charge is 0.276 e. The Labute approximate surface area is 263 Å². The van der Waals surface area contributed by atoms with Crippen molar-refractivity contribution in [1.29, 1.82) is 0 Å². The Balaban J connectivity index is 1.14. The molecular weight excluding hydrogens is 599 g/mol. The number of hydrazone groups is 4. The number of amides is 2. The summed E-state index contributed by atoms with van der Waals surface area (Å²) in [7, 11) is 0. The van der Waals surface area contributed by atoms with E-state index in [2.05, 4.69) is 31.3 Å². The van der Waals surface area contributed by atoms with Gasteiger partial charge in [-0.05, 0) is 73.5 Å². The van der Waals surface area contributed by atoms with Gasteiger partial charge in [-0.25, -0.2) is 0 Å². The van der Waals surface area contributed by atoms with Crippen LogP contribution >= 0.6 is 23.2 Å². The lowest BCUT2D eigenvalue weighted by molar-refractivity contribution is -0.112. The molecule has 0 spiro atoms. The first-order chi connectivity index (χ1) is 21.3. The van der Waals surface area contributed by atoms with Gasteiger partial charge >= 0.3 is 11.8 Å². The van der Waals surface area contributed by atoms with Crippen LogP contribution in [0.3, 0.4) is 0 Å². The predicted molar refractivity (Wildman–Crippen MR) is 178 cm³/mol. The standard InChI is InChI=1S/C32H24Cl2N8O2/c1-19-29(31(43)41(39-19)23-9-5-3-6-10-23)37-35-27-15-13-21(17-25(27)33)22-14-16-28(26(34)18-22)36-38-30-20(2)40-42(32(30)44)24-11-7-4-8-12-24/h3-18,35-36H,1-2H3/b37-29+,38-30+. The number of nitrogens with one attached hydrogen (secondary N) is 2.